The highest BCUT2D eigenvalue weighted by Crippen LogP contribution is 2.34. The number of methoxy groups -OCH3 is 2. The third kappa shape index (κ3) is 3.62. The minimum atomic E-state index is -0.862. The second-order valence-corrected chi connectivity index (χ2v) is 4.81. The molecule has 2 rings (SSSR count). The molecule has 1 fully saturated rings. The fourth-order valence-electron chi connectivity index (χ4n) is 2.24. The van der Waals surface area contributed by atoms with E-state index in [1.807, 2.05) is 13.0 Å². The SMILES string of the molecule is COC(=O)/C(=C/c1cc(C2(C)OCCO2)ccc1OC)N=[N+]=[N-]. The lowest BCUT2D eigenvalue weighted by Gasteiger charge is -2.23. The molecule has 0 bridgehead atoms. The highest BCUT2D eigenvalue weighted by atomic mass is 16.7. The van der Waals surface area contributed by atoms with Crippen LogP contribution in [0.25, 0.3) is 16.5 Å². The van der Waals surface area contributed by atoms with Crippen LogP contribution >= 0.6 is 0 Å². The van der Waals surface area contributed by atoms with Crippen LogP contribution in [0.15, 0.2) is 29.0 Å². The van der Waals surface area contributed by atoms with Crippen LogP contribution in [0, 0.1) is 0 Å². The first kappa shape index (κ1) is 16.8. The van der Waals surface area contributed by atoms with Crippen molar-refractivity contribution in [2.45, 2.75) is 12.7 Å². The molecule has 0 amide bonds. The van der Waals surface area contributed by atoms with Crippen molar-refractivity contribution in [2.75, 3.05) is 27.4 Å². The molecule has 1 aromatic carbocycles. The van der Waals surface area contributed by atoms with E-state index in [4.69, 9.17) is 19.7 Å². The predicted octanol–water partition coefficient (Wildman–Crippen LogP) is 2.74. The molecule has 8 heteroatoms. The van der Waals surface area contributed by atoms with Crippen molar-refractivity contribution in [3.63, 3.8) is 0 Å². The second-order valence-electron chi connectivity index (χ2n) is 4.81. The van der Waals surface area contributed by atoms with Crippen LogP contribution in [-0.2, 0) is 24.8 Å². The van der Waals surface area contributed by atoms with Crippen molar-refractivity contribution in [2.24, 2.45) is 5.11 Å². The summed E-state index contributed by atoms with van der Waals surface area (Å²) in [6, 6.07) is 5.29. The van der Waals surface area contributed by atoms with Gasteiger partial charge in [0.25, 0.3) is 0 Å². The Hall–Kier alpha value is -2.54. The van der Waals surface area contributed by atoms with Gasteiger partial charge in [-0.1, -0.05) is 5.11 Å². The van der Waals surface area contributed by atoms with E-state index in [1.54, 1.807) is 12.1 Å². The molecule has 0 unspecified atom stereocenters. The summed E-state index contributed by atoms with van der Waals surface area (Å²) in [5.74, 6) is -1.10. The van der Waals surface area contributed by atoms with E-state index >= 15 is 0 Å². The van der Waals surface area contributed by atoms with Crippen LogP contribution in [-0.4, -0.2) is 33.4 Å². The van der Waals surface area contributed by atoms with Gasteiger partial charge in [-0.15, -0.1) is 0 Å². The van der Waals surface area contributed by atoms with E-state index in [1.165, 1.54) is 20.3 Å². The van der Waals surface area contributed by atoms with Crippen LogP contribution < -0.4 is 4.74 Å². The fourth-order valence-corrected chi connectivity index (χ4v) is 2.24. The maximum absolute atomic E-state index is 11.7. The van der Waals surface area contributed by atoms with Gasteiger partial charge in [-0.2, -0.15) is 0 Å². The molecule has 0 aliphatic carbocycles. The van der Waals surface area contributed by atoms with Gasteiger partial charge in [-0.3, -0.25) is 0 Å². The van der Waals surface area contributed by atoms with Crippen LogP contribution in [0.3, 0.4) is 0 Å². The molecule has 1 aliphatic heterocycles. The van der Waals surface area contributed by atoms with Gasteiger partial charge in [0, 0.05) is 16.0 Å². The summed E-state index contributed by atoms with van der Waals surface area (Å²) in [6.07, 6.45) is 1.40. The second kappa shape index (κ2) is 7.15. The van der Waals surface area contributed by atoms with Crippen LogP contribution in [0.4, 0.5) is 0 Å². The first-order chi connectivity index (χ1) is 11.0. The van der Waals surface area contributed by atoms with Gasteiger partial charge in [0.15, 0.2) is 5.79 Å². The Balaban J connectivity index is 2.50. The zero-order chi connectivity index (χ0) is 16.9. The predicted molar refractivity (Wildman–Crippen MR) is 81.4 cm³/mol. The molecule has 23 heavy (non-hydrogen) atoms. The zero-order valence-electron chi connectivity index (χ0n) is 13.1. The van der Waals surface area contributed by atoms with Crippen molar-refractivity contribution in [3.05, 3.63) is 45.5 Å². The maximum Gasteiger partial charge on any atom is 0.340 e. The molecule has 0 N–H and O–H groups in total. The Kier molecular flexibility index (Phi) is 5.23. The van der Waals surface area contributed by atoms with Gasteiger partial charge in [0.05, 0.1) is 27.4 Å². The normalized spacial score (nSPS) is 16.6. The highest BCUT2D eigenvalue weighted by Gasteiger charge is 2.33. The molecule has 0 saturated carbocycles. The first-order valence-electron chi connectivity index (χ1n) is 6.85. The van der Waals surface area contributed by atoms with Crippen LogP contribution in [0.1, 0.15) is 18.1 Å². The standard InChI is InChI=1S/C15H17N3O5/c1-15(22-6-7-23-15)11-4-5-13(20-2)10(8-11)9-12(17-18-16)14(19)21-3/h4-5,8-9H,6-7H2,1-3H3/b12-9-. The third-order valence-electron chi connectivity index (χ3n) is 3.43. The summed E-state index contributed by atoms with van der Waals surface area (Å²) in [7, 11) is 2.71. The number of rotatable bonds is 5. The van der Waals surface area contributed by atoms with E-state index in [9.17, 15) is 4.79 Å². The third-order valence-corrected chi connectivity index (χ3v) is 3.43. The summed E-state index contributed by atoms with van der Waals surface area (Å²) in [6.45, 7) is 2.81. The molecule has 1 saturated heterocycles. The monoisotopic (exact) mass is 319 g/mol. The zero-order valence-corrected chi connectivity index (χ0v) is 13.1. The van der Waals surface area contributed by atoms with Gasteiger partial charge >= 0.3 is 5.97 Å². The van der Waals surface area contributed by atoms with Gasteiger partial charge in [-0.25, -0.2) is 4.79 Å². The van der Waals surface area contributed by atoms with Gasteiger partial charge in [0.2, 0.25) is 0 Å². The Morgan fingerprint density at radius 3 is 2.65 bits per heavy atom. The van der Waals surface area contributed by atoms with Crippen LogP contribution in [0.5, 0.6) is 5.75 Å². The number of ether oxygens (including phenoxy) is 4. The Bertz CT molecular complexity index is 674. The molecular formula is C15H17N3O5. The number of carbonyl (C=O) groups excluding carboxylic acids is 1. The minimum Gasteiger partial charge on any atom is -0.496 e. The summed E-state index contributed by atoms with van der Waals surface area (Å²) >= 11 is 0. The van der Waals surface area contributed by atoms with Crippen molar-refractivity contribution in [3.8, 4) is 5.75 Å². The lowest BCUT2D eigenvalue weighted by atomic mass is 10.0. The molecule has 1 aromatic rings. The number of hydrogen-bond acceptors (Lipinski definition) is 6. The Morgan fingerprint density at radius 1 is 1.39 bits per heavy atom. The number of nitrogens with zero attached hydrogens (tertiary/aromatic N) is 3. The van der Waals surface area contributed by atoms with E-state index in [-0.39, 0.29) is 5.70 Å². The highest BCUT2D eigenvalue weighted by molar-refractivity contribution is 5.93. The van der Waals surface area contributed by atoms with E-state index < -0.39 is 11.8 Å². The Morgan fingerprint density at radius 2 is 2.09 bits per heavy atom. The number of carbonyl (C=O) groups is 1. The minimum absolute atomic E-state index is 0.177. The molecule has 0 atom stereocenters. The topological polar surface area (TPSA) is 103 Å². The molecule has 8 nitrogen and oxygen atoms in total. The lowest BCUT2D eigenvalue weighted by Crippen LogP contribution is -2.22. The molecule has 122 valence electrons. The number of hydrogen-bond donors (Lipinski definition) is 0. The molecule has 0 spiro atoms. The first-order valence-corrected chi connectivity index (χ1v) is 6.85. The fraction of sp³-hybridized carbons (Fsp3) is 0.400. The summed E-state index contributed by atoms with van der Waals surface area (Å²) in [5.41, 5.74) is 9.71. The van der Waals surface area contributed by atoms with Gasteiger partial charge in [0.1, 0.15) is 11.4 Å². The molecule has 1 heterocycles. The molecule has 1 aliphatic rings. The van der Waals surface area contributed by atoms with Crippen molar-refractivity contribution in [1.82, 2.24) is 0 Å². The molecular weight excluding hydrogens is 302 g/mol. The van der Waals surface area contributed by atoms with Gasteiger partial charge in [-0.05, 0) is 36.7 Å². The van der Waals surface area contributed by atoms with Crippen LogP contribution in [0.2, 0.25) is 0 Å². The largest absolute Gasteiger partial charge is 0.496 e. The summed E-state index contributed by atoms with van der Waals surface area (Å²) in [5, 5.41) is 3.36. The number of benzene rings is 1. The van der Waals surface area contributed by atoms with Crippen molar-refractivity contribution < 1.29 is 23.7 Å². The average molecular weight is 319 g/mol. The molecule has 0 radical (unpaired) electrons. The maximum atomic E-state index is 11.7. The van der Waals surface area contributed by atoms with E-state index in [0.717, 1.165) is 5.56 Å². The lowest BCUT2D eigenvalue weighted by molar-refractivity contribution is -0.149. The van der Waals surface area contributed by atoms with Gasteiger partial charge < -0.3 is 18.9 Å². The summed E-state index contributed by atoms with van der Waals surface area (Å²) in [4.78, 5) is 14.3. The number of azide groups is 1. The van der Waals surface area contributed by atoms with E-state index in [2.05, 4.69) is 14.8 Å². The summed E-state index contributed by atoms with van der Waals surface area (Å²) < 4.78 is 21.1. The quantitative estimate of drug-likeness (QED) is 0.273. The molecule has 0 aromatic heterocycles. The van der Waals surface area contributed by atoms with Crippen molar-refractivity contribution in [1.29, 1.82) is 0 Å². The van der Waals surface area contributed by atoms with E-state index in [0.29, 0.717) is 24.5 Å². The Labute approximate surface area is 133 Å². The smallest absolute Gasteiger partial charge is 0.340 e. The van der Waals surface area contributed by atoms with Crippen molar-refractivity contribution >= 4 is 12.0 Å². The average Bonchev–Trinajstić information content (AvgIpc) is 3.01. The number of esters is 1.